The summed E-state index contributed by atoms with van der Waals surface area (Å²) in [4.78, 5) is 15.9. The Balaban J connectivity index is 1.96. The first-order valence-electron chi connectivity index (χ1n) is 5.39. The molecular formula is C9H11F3N4O3. The maximum absolute atomic E-state index is 12.5. The van der Waals surface area contributed by atoms with Crippen molar-refractivity contribution in [3.63, 3.8) is 0 Å². The van der Waals surface area contributed by atoms with Crippen molar-refractivity contribution < 1.29 is 27.2 Å². The number of rotatable bonds is 3. The van der Waals surface area contributed by atoms with E-state index in [4.69, 9.17) is 10.3 Å². The zero-order valence-corrected chi connectivity index (χ0v) is 9.68. The van der Waals surface area contributed by atoms with E-state index < -0.39 is 18.2 Å². The van der Waals surface area contributed by atoms with Gasteiger partial charge in [-0.1, -0.05) is 5.16 Å². The average Bonchev–Trinajstić information content (AvgIpc) is 2.77. The number of hydrogen-bond acceptors (Lipinski definition) is 6. The molecular weight excluding hydrogens is 269 g/mol. The second-order valence-corrected chi connectivity index (χ2v) is 4.01. The molecule has 0 saturated carbocycles. The molecule has 7 nitrogen and oxygen atoms in total. The van der Waals surface area contributed by atoms with Gasteiger partial charge in [-0.25, -0.2) is 0 Å². The number of nitrogens with two attached hydrogens (primary N) is 1. The van der Waals surface area contributed by atoms with Gasteiger partial charge in [-0.3, -0.25) is 9.69 Å². The number of carbonyl (C=O) groups is 1. The quantitative estimate of drug-likeness (QED) is 0.833. The number of alkyl halides is 3. The van der Waals surface area contributed by atoms with Crippen LogP contribution >= 0.6 is 0 Å². The van der Waals surface area contributed by atoms with Crippen LogP contribution in [0.1, 0.15) is 16.5 Å². The molecule has 10 heteroatoms. The fraction of sp³-hybridized carbons (Fsp3) is 0.667. The van der Waals surface area contributed by atoms with Crippen molar-refractivity contribution in [3.8, 4) is 0 Å². The molecule has 1 amide bonds. The molecule has 1 aliphatic rings. The molecule has 2 N–H and O–H groups in total. The van der Waals surface area contributed by atoms with Crippen LogP contribution in [-0.4, -0.2) is 52.9 Å². The Morgan fingerprint density at radius 1 is 1.53 bits per heavy atom. The summed E-state index contributed by atoms with van der Waals surface area (Å²) in [6, 6.07) is 0. The largest absolute Gasteiger partial charge is 0.415 e. The van der Waals surface area contributed by atoms with Crippen molar-refractivity contribution in [3.05, 3.63) is 11.7 Å². The van der Waals surface area contributed by atoms with Crippen molar-refractivity contribution in [2.24, 2.45) is 5.73 Å². The molecule has 0 aromatic carbocycles. The first-order chi connectivity index (χ1) is 8.86. The highest BCUT2D eigenvalue weighted by Crippen LogP contribution is 2.26. The molecule has 0 unspecified atom stereocenters. The van der Waals surface area contributed by atoms with E-state index in [1.54, 1.807) is 0 Å². The lowest BCUT2D eigenvalue weighted by molar-refractivity contribution is -0.238. The van der Waals surface area contributed by atoms with Crippen LogP contribution in [0.15, 0.2) is 4.52 Å². The molecule has 0 spiro atoms. The van der Waals surface area contributed by atoms with Gasteiger partial charge in [0.1, 0.15) is 0 Å². The van der Waals surface area contributed by atoms with Gasteiger partial charge in [-0.15, -0.1) is 0 Å². The standard InChI is InChI=1S/C9H11F3N4O3/c10-9(11,12)5-3-16(1-2-18-5)4-6-14-8(7(13)17)15-19-6/h5H,1-4H2,(H2,13,17)/t5-/m1/s1. The van der Waals surface area contributed by atoms with Gasteiger partial charge in [0.25, 0.3) is 11.7 Å². The minimum Gasteiger partial charge on any atom is -0.366 e. The zero-order valence-electron chi connectivity index (χ0n) is 9.68. The lowest BCUT2D eigenvalue weighted by Gasteiger charge is -2.32. The van der Waals surface area contributed by atoms with Crippen molar-refractivity contribution in [2.75, 3.05) is 19.7 Å². The molecule has 0 radical (unpaired) electrons. The minimum absolute atomic E-state index is 0.0101. The van der Waals surface area contributed by atoms with Crippen LogP contribution in [0.25, 0.3) is 0 Å². The molecule has 1 saturated heterocycles. The van der Waals surface area contributed by atoms with Gasteiger partial charge in [0.2, 0.25) is 5.89 Å². The first kappa shape index (κ1) is 13.7. The predicted octanol–water partition coefficient (Wildman–Crippen LogP) is -0.0684. The van der Waals surface area contributed by atoms with Gasteiger partial charge >= 0.3 is 6.18 Å². The van der Waals surface area contributed by atoms with Gasteiger partial charge in [0.05, 0.1) is 13.2 Å². The number of carbonyl (C=O) groups excluding carboxylic acids is 1. The van der Waals surface area contributed by atoms with E-state index in [0.29, 0.717) is 6.54 Å². The molecule has 1 atom stereocenters. The van der Waals surface area contributed by atoms with Gasteiger partial charge in [0, 0.05) is 13.1 Å². The van der Waals surface area contributed by atoms with Crippen LogP contribution in [0.2, 0.25) is 0 Å². The first-order valence-corrected chi connectivity index (χ1v) is 5.39. The van der Waals surface area contributed by atoms with E-state index in [-0.39, 0.29) is 31.4 Å². The highest BCUT2D eigenvalue weighted by atomic mass is 19.4. The topological polar surface area (TPSA) is 94.5 Å². The third kappa shape index (κ3) is 3.41. The molecule has 1 fully saturated rings. The van der Waals surface area contributed by atoms with Gasteiger partial charge in [-0.2, -0.15) is 18.2 Å². The highest BCUT2D eigenvalue weighted by molar-refractivity contribution is 5.88. The molecule has 2 rings (SSSR count). The number of nitrogens with zero attached hydrogens (tertiary/aromatic N) is 3. The van der Waals surface area contributed by atoms with Crippen LogP contribution in [-0.2, 0) is 11.3 Å². The van der Waals surface area contributed by atoms with E-state index in [9.17, 15) is 18.0 Å². The van der Waals surface area contributed by atoms with Crippen LogP contribution < -0.4 is 5.73 Å². The van der Waals surface area contributed by atoms with Crippen LogP contribution in [0.3, 0.4) is 0 Å². The second kappa shape index (κ2) is 5.13. The summed E-state index contributed by atoms with van der Waals surface area (Å²) in [7, 11) is 0. The molecule has 1 aromatic rings. The molecule has 0 bridgehead atoms. The second-order valence-electron chi connectivity index (χ2n) is 4.01. The summed E-state index contributed by atoms with van der Waals surface area (Å²) in [6.45, 7) is -0.0458. The molecule has 2 heterocycles. The highest BCUT2D eigenvalue weighted by Gasteiger charge is 2.43. The van der Waals surface area contributed by atoms with E-state index in [0.717, 1.165) is 0 Å². The number of hydrogen-bond donors (Lipinski definition) is 1. The summed E-state index contributed by atoms with van der Waals surface area (Å²) < 4.78 is 46.9. The van der Waals surface area contributed by atoms with Crippen molar-refractivity contribution in [2.45, 2.75) is 18.8 Å². The van der Waals surface area contributed by atoms with Crippen LogP contribution in [0.5, 0.6) is 0 Å². The minimum atomic E-state index is -4.41. The molecule has 0 aliphatic carbocycles. The molecule has 19 heavy (non-hydrogen) atoms. The smallest absolute Gasteiger partial charge is 0.366 e. The van der Waals surface area contributed by atoms with Gasteiger partial charge < -0.3 is 15.0 Å². The van der Waals surface area contributed by atoms with Crippen LogP contribution in [0, 0.1) is 0 Å². The van der Waals surface area contributed by atoms with Crippen molar-refractivity contribution in [1.82, 2.24) is 15.0 Å². The molecule has 106 valence electrons. The van der Waals surface area contributed by atoms with E-state index in [1.807, 2.05) is 0 Å². The molecule has 1 aliphatic heterocycles. The Morgan fingerprint density at radius 2 is 2.26 bits per heavy atom. The number of halogens is 3. The Hall–Kier alpha value is -1.68. The summed E-state index contributed by atoms with van der Waals surface area (Å²) in [5.41, 5.74) is 4.93. The predicted molar refractivity (Wildman–Crippen MR) is 53.9 cm³/mol. The van der Waals surface area contributed by atoms with E-state index >= 15 is 0 Å². The fourth-order valence-corrected chi connectivity index (χ4v) is 1.65. The number of amides is 1. The number of primary amides is 1. The lowest BCUT2D eigenvalue weighted by atomic mass is 10.2. The van der Waals surface area contributed by atoms with Crippen molar-refractivity contribution in [1.29, 1.82) is 0 Å². The molecule has 1 aromatic heterocycles. The van der Waals surface area contributed by atoms with Gasteiger partial charge in [-0.05, 0) is 0 Å². The van der Waals surface area contributed by atoms with Crippen molar-refractivity contribution >= 4 is 5.91 Å². The van der Waals surface area contributed by atoms with E-state index in [1.165, 1.54) is 4.90 Å². The fourth-order valence-electron chi connectivity index (χ4n) is 1.65. The Kier molecular flexibility index (Phi) is 3.71. The van der Waals surface area contributed by atoms with Gasteiger partial charge in [0.15, 0.2) is 6.10 Å². The van der Waals surface area contributed by atoms with Crippen LogP contribution in [0.4, 0.5) is 13.2 Å². The Labute approximate surface area is 105 Å². The SMILES string of the molecule is NC(=O)c1noc(CN2CCO[C@@H](C(F)(F)F)C2)n1. The average molecular weight is 280 g/mol. The lowest BCUT2D eigenvalue weighted by Crippen LogP contribution is -2.48. The number of aromatic nitrogens is 2. The maximum atomic E-state index is 12.5. The maximum Gasteiger partial charge on any atom is 0.415 e. The van der Waals surface area contributed by atoms with E-state index in [2.05, 4.69) is 14.9 Å². The summed E-state index contributed by atoms with van der Waals surface area (Å²) in [6.07, 6.45) is -6.24. The Morgan fingerprint density at radius 3 is 2.84 bits per heavy atom. The third-order valence-electron chi connectivity index (χ3n) is 2.56. The number of morpholine rings is 1. The summed E-state index contributed by atoms with van der Waals surface area (Å²) >= 11 is 0. The third-order valence-corrected chi connectivity index (χ3v) is 2.56. The normalized spacial score (nSPS) is 21.5. The monoisotopic (exact) mass is 280 g/mol. The Bertz CT molecular complexity index is 462. The zero-order chi connectivity index (χ0) is 14.0. The number of ether oxygens (including phenoxy) is 1. The summed E-state index contributed by atoms with van der Waals surface area (Å²) in [5, 5.41) is 3.31. The summed E-state index contributed by atoms with van der Waals surface area (Å²) in [5.74, 6) is -1.11.